The molecule has 1 rings (SSSR count). The van der Waals surface area contributed by atoms with Gasteiger partial charge in [0.1, 0.15) is 5.75 Å². The third kappa shape index (κ3) is 10.6. The predicted octanol–water partition coefficient (Wildman–Crippen LogP) is 0.224. The lowest BCUT2D eigenvalue weighted by atomic mass is 10.2. The first kappa shape index (κ1) is 21.3. The van der Waals surface area contributed by atoms with Crippen LogP contribution in [0.2, 0.25) is 0 Å². The fourth-order valence-electron chi connectivity index (χ4n) is 1.64. The molecule has 0 spiro atoms. The highest BCUT2D eigenvalue weighted by Gasteiger charge is 2.05. The van der Waals surface area contributed by atoms with Gasteiger partial charge in [0, 0.05) is 19.6 Å². The third-order valence-electron chi connectivity index (χ3n) is 2.79. The minimum Gasteiger partial charge on any atom is -0.508 e. The Labute approximate surface area is 136 Å². The first-order valence-electron chi connectivity index (χ1n) is 7.60. The summed E-state index contributed by atoms with van der Waals surface area (Å²) in [6.45, 7) is 4.12. The van der Waals surface area contributed by atoms with E-state index in [4.69, 9.17) is 25.2 Å². The number of carbonyl (C=O) groups is 1. The van der Waals surface area contributed by atoms with E-state index in [1.165, 1.54) is 24.3 Å². The number of hydrogen-bond donors (Lipinski definition) is 4. The maximum atomic E-state index is 11.2. The molecular weight excluding hydrogens is 302 g/mol. The number of phenols is 1. The summed E-state index contributed by atoms with van der Waals surface area (Å²) in [4.78, 5) is 13.0. The van der Waals surface area contributed by atoms with Crippen molar-refractivity contribution in [3.8, 4) is 5.75 Å². The van der Waals surface area contributed by atoms with Crippen LogP contribution in [0.1, 0.15) is 23.7 Å². The number of ether oxygens (including phenoxy) is 1. The van der Waals surface area contributed by atoms with Crippen molar-refractivity contribution in [2.24, 2.45) is 0 Å². The highest BCUT2D eigenvalue weighted by atomic mass is 16.5. The largest absolute Gasteiger partial charge is 0.508 e. The Morgan fingerprint density at radius 3 is 1.87 bits per heavy atom. The number of phenolic OH excluding ortho intramolecular Hbond substituents is 1. The van der Waals surface area contributed by atoms with Gasteiger partial charge in [-0.2, -0.15) is 0 Å². The van der Waals surface area contributed by atoms with Gasteiger partial charge in [-0.05, 0) is 30.7 Å². The number of benzene rings is 1. The predicted molar refractivity (Wildman–Crippen MR) is 86.4 cm³/mol. The number of esters is 1. The molecule has 0 aromatic heterocycles. The fourth-order valence-corrected chi connectivity index (χ4v) is 1.64. The van der Waals surface area contributed by atoms with Crippen LogP contribution in [0, 0.1) is 0 Å². The van der Waals surface area contributed by atoms with Crippen LogP contribution < -0.4 is 0 Å². The molecule has 7 nitrogen and oxygen atoms in total. The lowest BCUT2D eigenvalue weighted by molar-refractivity contribution is 0.0505. The number of rotatable bonds is 9. The van der Waals surface area contributed by atoms with E-state index in [1.807, 2.05) is 6.92 Å². The van der Waals surface area contributed by atoms with E-state index >= 15 is 0 Å². The average molecular weight is 329 g/mol. The Bertz CT molecular complexity index is 395. The molecule has 0 unspecified atom stereocenters. The van der Waals surface area contributed by atoms with E-state index in [0.717, 1.165) is 6.42 Å². The molecule has 132 valence electrons. The number of aliphatic hydroxyl groups is 3. The zero-order valence-electron chi connectivity index (χ0n) is 13.5. The van der Waals surface area contributed by atoms with Crippen molar-refractivity contribution < 1.29 is 30.0 Å². The van der Waals surface area contributed by atoms with Gasteiger partial charge in [0.2, 0.25) is 0 Å². The Morgan fingerprint density at radius 1 is 1.00 bits per heavy atom. The Morgan fingerprint density at radius 2 is 1.48 bits per heavy atom. The van der Waals surface area contributed by atoms with Crippen LogP contribution in [0.15, 0.2) is 24.3 Å². The summed E-state index contributed by atoms with van der Waals surface area (Å²) in [5, 5.41) is 34.4. The summed E-state index contributed by atoms with van der Waals surface area (Å²) >= 11 is 0. The molecule has 7 heteroatoms. The van der Waals surface area contributed by atoms with Crippen molar-refractivity contribution in [1.82, 2.24) is 4.90 Å². The Balaban J connectivity index is 0.000000438. The summed E-state index contributed by atoms with van der Waals surface area (Å²) in [6.07, 6.45) is 0.809. The van der Waals surface area contributed by atoms with E-state index in [1.54, 1.807) is 4.90 Å². The van der Waals surface area contributed by atoms with E-state index in [9.17, 15) is 4.79 Å². The Hall–Kier alpha value is -1.67. The van der Waals surface area contributed by atoms with Gasteiger partial charge in [-0.15, -0.1) is 0 Å². The smallest absolute Gasteiger partial charge is 0.338 e. The second-order valence-corrected chi connectivity index (χ2v) is 4.70. The standard InChI is InChI=1S/C10H12O3.C6H15NO3/c1-2-7-13-10(12)8-3-5-9(11)6-4-8;8-4-1-7(2-5-9)3-6-10/h3-6,11H,2,7H2,1H3;8-10H,1-6H2. The molecule has 0 aliphatic heterocycles. The van der Waals surface area contributed by atoms with Crippen molar-refractivity contribution in [1.29, 1.82) is 0 Å². The summed E-state index contributed by atoms with van der Waals surface area (Å²) < 4.78 is 4.90. The molecule has 4 N–H and O–H groups in total. The molecule has 0 saturated carbocycles. The van der Waals surface area contributed by atoms with Gasteiger partial charge >= 0.3 is 5.97 Å². The molecule has 0 aliphatic rings. The van der Waals surface area contributed by atoms with Crippen LogP contribution in [-0.4, -0.2) is 77.4 Å². The lowest BCUT2D eigenvalue weighted by Gasteiger charge is -2.17. The second-order valence-electron chi connectivity index (χ2n) is 4.70. The fraction of sp³-hybridized carbons (Fsp3) is 0.562. The monoisotopic (exact) mass is 329 g/mol. The average Bonchev–Trinajstić information content (AvgIpc) is 2.55. The number of carbonyl (C=O) groups excluding carboxylic acids is 1. The normalized spacial score (nSPS) is 10.1. The van der Waals surface area contributed by atoms with Crippen LogP contribution in [-0.2, 0) is 4.74 Å². The number of hydrogen-bond acceptors (Lipinski definition) is 7. The van der Waals surface area contributed by atoms with Crippen molar-refractivity contribution in [2.45, 2.75) is 13.3 Å². The first-order chi connectivity index (χ1) is 11.1. The summed E-state index contributed by atoms with van der Waals surface area (Å²) in [5.41, 5.74) is 0.464. The molecule has 0 amide bonds. The number of aliphatic hydroxyl groups excluding tert-OH is 3. The zero-order valence-corrected chi connectivity index (χ0v) is 13.5. The van der Waals surface area contributed by atoms with Gasteiger partial charge in [-0.3, -0.25) is 4.90 Å². The lowest BCUT2D eigenvalue weighted by Crippen LogP contribution is -2.32. The topological polar surface area (TPSA) is 110 Å². The van der Waals surface area contributed by atoms with Crippen LogP contribution in [0.5, 0.6) is 5.75 Å². The highest BCUT2D eigenvalue weighted by Crippen LogP contribution is 2.10. The first-order valence-corrected chi connectivity index (χ1v) is 7.60. The second kappa shape index (κ2) is 14.0. The van der Waals surface area contributed by atoms with Crippen molar-refractivity contribution in [3.05, 3.63) is 29.8 Å². The van der Waals surface area contributed by atoms with Gasteiger partial charge in [0.15, 0.2) is 0 Å². The van der Waals surface area contributed by atoms with Gasteiger partial charge in [0.05, 0.1) is 32.0 Å². The van der Waals surface area contributed by atoms with E-state index in [2.05, 4.69) is 0 Å². The van der Waals surface area contributed by atoms with Crippen molar-refractivity contribution >= 4 is 5.97 Å². The highest BCUT2D eigenvalue weighted by molar-refractivity contribution is 5.89. The Kier molecular flexibility index (Phi) is 12.9. The molecule has 0 saturated heterocycles. The molecule has 0 bridgehead atoms. The van der Waals surface area contributed by atoms with E-state index in [0.29, 0.717) is 31.8 Å². The molecule has 0 fully saturated rings. The van der Waals surface area contributed by atoms with Crippen LogP contribution in [0.3, 0.4) is 0 Å². The van der Waals surface area contributed by atoms with Gasteiger partial charge in [-0.25, -0.2) is 4.79 Å². The van der Waals surface area contributed by atoms with Crippen LogP contribution in [0.25, 0.3) is 0 Å². The zero-order chi connectivity index (χ0) is 17.5. The minimum atomic E-state index is -0.346. The third-order valence-corrected chi connectivity index (χ3v) is 2.79. The number of nitrogens with zero attached hydrogens (tertiary/aromatic N) is 1. The van der Waals surface area contributed by atoms with Gasteiger partial charge < -0.3 is 25.2 Å². The van der Waals surface area contributed by atoms with Crippen LogP contribution in [0.4, 0.5) is 0 Å². The molecule has 23 heavy (non-hydrogen) atoms. The van der Waals surface area contributed by atoms with Crippen LogP contribution >= 0.6 is 0 Å². The number of aromatic hydroxyl groups is 1. The van der Waals surface area contributed by atoms with Gasteiger partial charge in [-0.1, -0.05) is 6.92 Å². The maximum Gasteiger partial charge on any atom is 0.338 e. The summed E-state index contributed by atoms with van der Waals surface area (Å²) in [6, 6.07) is 5.99. The molecule has 0 aliphatic carbocycles. The molecular formula is C16H27NO6. The van der Waals surface area contributed by atoms with E-state index in [-0.39, 0.29) is 31.5 Å². The quantitative estimate of drug-likeness (QED) is 0.480. The molecule has 0 atom stereocenters. The minimum absolute atomic E-state index is 0.0694. The summed E-state index contributed by atoms with van der Waals surface area (Å²) in [7, 11) is 0. The molecule has 1 aromatic rings. The molecule has 0 radical (unpaired) electrons. The van der Waals surface area contributed by atoms with E-state index < -0.39 is 0 Å². The maximum absolute atomic E-state index is 11.2. The summed E-state index contributed by atoms with van der Waals surface area (Å²) in [5.74, 6) is -0.200. The SMILES string of the molecule is CCCOC(=O)c1ccc(O)cc1.OCCN(CCO)CCO. The van der Waals surface area contributed by atoms with Crippen molar-refractivity contribution in [3.63, 3.8) is 0 Å². The molecule has 0 heterocycles. The van der Waals surface area contributed by atoms with Crippen molar-refractivity contribution in [2.75, 3.05) is 46.1 Å². The molecule has 1 aromatic carbocycles. The van der Waals surface area contributed by atoms with Gasteiger partial charge in [0.25, 0.3) is 0 Å².